The normalized spacial score (nSPS) is 13.2. The van der Waals surface area contributed by atoms with E-state index in [1.165, 1.54) is 23.4 Å². The summed E-state index contributed by atoms with van der Waals surface area (Å²) in [5.41, 5.74) is 2.01. The number of rotatable bonds is 9. The first kappa shape index (κ1) is 24.1. The van der Waals surface area contributed by atoms with Gasteiger partial charge in [-0.15, -0.1) is 0 Å². The predicted octanol–water partition coefficient (Wildman–Crippen LogP) is 5.37. The molecule has 0 N–H and O–H groups in total. The molecule has 1 aromatic carbocycles. The molecule has 0 heterocycles. The van der Waals surface area contributed by atoms with Gasteiger partial charge in [0, 0.05) is 31.7 Å². The van der Waals surface area contributed by atoms with Crippen LogP contribution in [0.15, 0.2) is 29.4 Å². The van der Waals surface area contributed by atoms with E-state index in [2.05, 4.69) is 21.1 Å². The quantitative estimate of drug-likeness (QED) is 0.157. The molecule has 0 radical (unpaired) electrons. The summed E-state index contributed by atoms with van der Waals surface area (Å²) in [5, 5.41) is 4.28. The maximum atomic E-state index is 13.2. The highest BCUT2D eigenvalue weighted by Gasteiger charge is 2.32. The molecule has 0 spiro atoms. The van der Waals surface area contributed by atoms with Crippen LogP contribution in [0.4, 0.5) is 4.79 Å². The number of amides is 1. The second-order valence-electron chi connectivity index (χ2n) is 5.99. The highest BCUT2D eigenvalue weighted by molar-refractivity contribution is 9.09. The van der Waals surface area contributed by atoms with Crippen molar-refractivity contribution in [2.24, 2.45) is 5.16 Å². The number of benzene rings is 1. The third kappa shape index (κ3) is 7.51. The summed E-state index contributed by atoms with van der Waals surface area (Å²) < 4.78 is 18.6. The SMILES string of the molecule is CCP(=O)(CC)SC(C(=NOC)OC(=O)N(C)C)c1cccc(CCBr)c1. The van der Waals surface area contributed by atoms with Gasteiger partial charge >= 0.3 is 6.09 Å². The van der Waals surface area contributed by atoms with Crippen molar-refractivity contribution in [3.63, 3.8) is 0 Å². The van der Waals surface area contributed by atoms with Crippen LogP contribution < -0.4 is 0 Å². The van der Waals surface area contributed by atoms with E-state index in [1.807, 2.05) is 38.1 Å². The van der Waals surface area contributed by atoms with Crippen LogP contribution in [0.2, 0.25) is 0 Å². The lowest BCUT2D eigenvalue weighted by molar-refractivity contribution is 0.156. The Morgan fingerprint density at radius 1 is 1.33 bits per heavy atom. The summed E-state index contributed by atoms with van der Waals surface area (Å²) >= 11 is 4.76. The fourth-order valence-electron chi connectivity index (χ4n) is 2.22. The van der Waals surface area contributed by atoms with Crippen LogP contribution in [0.3, 0.4) is 0 Å². The molecule has 0 aromatic heterocycles. The molecule has 0 fully saturated rings. The molecule has 1 rings (SSSR count). The minimum atomic E-state index is -2.51. The lowest BCUT2D eigenvalue weighted by atomic mass is 10.1. The van der Waals surface area contributed by atoms with Crippen molar-refractivity contribution in [3.05, 3.63) is 35.4 Å². The van der Waals surface area contributed by atoms with Gasteiger partial charge in [-0.05, 0) is 17.5 Å². The molecule has 1 unspecified atom stereocenters. The zero-order chi connectivity index (χ0) is 20.4. The first-order chi connectivity index (χ1) is 12.8. The Bertz CT molecular complexity index is 692. The number of alkyl halides is 1. The average molecular weight is 479 g/mol. The summed E-state index contributed by atoms with van der Waals surface area (Å²) in [6.45, 7) is 3.82. The molecule has 27 heavy (non-hydrogen) atoms. The largest absolute Gasteiger partial charge is 0.415 e. The molecule has 6 nitrogen and oxygen atoms in total. The third-order valence-electron chi connectivity index (χ3n) is 3.86. The van der Waals surface area contributed by atoms with E-state index in [9.17, 15) is 9.36 Å². The monoisotopic (exact) mass is 478 g/mol. The molecule has 1 amide bonds. The van der Waals surface area contributed by atoms with Crippen molar-refractivity contribution in [2.75, 3.05) is 38.9 Å². The van der Waals surface area contributed by atoms with Crippen molar-refractivity contribution in [1.82, 2.24) is 4.90 Å². The summed E-state index contributed by atoms with van der Waals surface area (Å²) in [6.07, 6.45) is -1.11. The van der Waals surface area contributed by atoms with E-state index < -0.39 is 17.7 Å². The van der Waals surface area contributed by atoms with Gasteiger partial charge in [-0.25, -0.2) is 4.79 Å². The second-order valence-corrected chi connectivity index (χ2v) is 13.0. The Morgan fingerprint density at radius 3 is 2.52 bits per heavy atom. The first-order valence-corrected chi connectivity index (χ1v) is 13.4. The van der Waals surface area contributed by atoms with Gasteiger partial charge in [0.2, 0.25) is 0 Å². The minimum Gasteiger partial charge on any atom is -0.396 e. The van der Waals surface area contributed by atoms with Crippen LogP contribution in [0.1, 0.15) is 30.2 Å². The van der Waals surface area contributed by atoms with E-state index in [0.717, 1.165) is 22.9 Å². The van der Waals surface area contributed by atoms with Crippen molar-refractivity contribution in [3.8, 4) is 0 Å². The fraction of sp³-hybridized carbons (Fsp3) is 0.556. The van der Waals surface area contributed by atoms with Gasteiger partial charge in [0.25, 0.3) is 5.90 Å². The van der Waals surface area contributed by atoms with Crippen LogP contribution in [0.5, 0.6) is 0 Å². The topological polar surface area (TPSA) is 68.2 Å². The molecule has 0 saturated heterocycles. The third-order valence-corrected chi connectivity index (χ3v) is 10.6. The Morgan fingerprint density at radius 2 is 2.00 bits per heavy atom. The highest BCUT2D eigenvalue weighted by Crippen LogP contribution is 2.63. The molecule has 1 atom stereocenters. The Kier molecular flexibility index (Phi) is 10.5. The first-order valence-electron chi connectivity index (χ1n) is 8.71. The number of nitrogens with zero attached hydrogens (tertiary/aromatic N) is 2. The smallest absolute Gasteiger partial charge is 0.396 e. The lowest BCUT2D eigenvalue weighted by Gasteiger charge is -2.24. The van der Waals surface area contributed by atoms with Crippen molar-refractivity contribution < 1.29 is 18.9 Å². The molecule has 0 aliphatic carbocycles. The zero-order valence-corrected chi connectivity index (χ0v) is 19.8. The van der Waals surface area contributed by atoms with Crippen molar-refractivity contribution >= 4 is 45.6 Å². The molecule has 9 heteroatoms. The standard InChI is InChI=1S/C18H28BrN2O4PS/c1-6-26(23,7-2)27-16(15-10-8-9-14(13-15)11-12-19)17(20-24-5)25-18(22)21(3)4/h8-10,13,16H,6-7,11-12H2,1-5H3. The summed E-state index contributed by atoms with van der Waals surface area (Å²) in [7, 11) is 4.58. The number of carbonyl (C=O) groups is 1. The molecular weight excluding hydrogens is 451 g/mol. The van der Waals surface area contributed by atoms with Gasteiger partial charge in [0.05, 0.1) is 0 Å². The van der Waals surface area contributed by atoms with Crippen LogP contribution in [-0.4, -0.2) is 55.7 Å². The zero-order valence-electron chi connectivity index (χ0n) is 16.5. The molecular formula is C18H28BrN2O4PS. The highest BCUT2D eigenvalue weighted by atomic mass is 79.9. The molecule has 0 bridgehead atoms. The Balaban J connectivity index is 3.38. The number of ether oxygens (including phenoxy) is 1. The van der Waals surface area contributed by atoms with Crippen molar-refractivity contribution in [1.29, 1.82) is 0 Å². The van der Waals surface area contributed by atoms with Gasteiger partial charge < -0.3 is 19.0 Å². The molecule has 0 saturated carbocycles. The number of hydrogen-bond acceptors (Lipinski definition) is 6. The van der Waals surface area contributed by atoms with Gasteiger partial charge in [0.15, 0.2) is 0 Å². The number of aryl methyl sites for hydroxylation is 1. The van der Waals surface area contributed by atoms with Gasteiger partial charge in [-0.1, -0.05) is 70.6 Å². The van der Waals surface area contributed by atoms with Crippen molar-refractivity contribution in [2.45, 2.75) is 25.5 Å². The second kappa shape index (κ2) is 11.8. The van der Waals surface area contributed by atoms with Crippen LogP contribution in [-0.2, 0) is 20.6 Å². The molecule has 152 valence electrons. The average Bonchev–Trinajstić information content (AvgIpc) is 2.66. The number of oxime groups is 1. The minimum absolute atomic E-state index is 0.0966. The Hall–Kier alpha value is -0.980. The lowest BCUT2D eigenvalue weighted by Crippen LogP contribution is -2.28. The summed E-state index contributed by atoms with van der Waals surface area (Å²) in [4.78, 5) is 18.4. The summed E-state index contributed by atoms with van der Waals surface area (Å²) in [5.74, 6) is 0.0966. The summed E-state index contributed by atoms with van der Waals surface area (Å²) in [6, 6.07) is 7.94. The van der Waals surface area contributed by atoms with E-state index in [4.69, 9.17) is 9.57 Å². The Labute approximate surface area is 174 Å². The molecule has 0 aliphatic rings. The van der Waals surface area contributed by atoms with Gasteiger partial charge in [-0.2, -0.15) is 0 Å². The number of hydrogen-bond donors (Lipinski definition) is 0. The molecule has 1 aromatic rings. The van der Waals surface area contributed by atoms with E-state index >= 15 is 0 Å². The maximum absolute atomic E-state index is 13.2. The van der Waals surface area contributed by atoms with Crippen LogP contribution in [0.25, 0.3) is 0 Å². The molecule has 0 aliphatic heterocycles. The van der Waals surface area contributed by atoms with Gasteiger partial charge in [0.1, 0.15) is 18.7 Å². The number of carbonyl (C=O) groups excluding carboxylic acids is 1. The fourth-order valence-corrected chi connectivity index (χ4v) is 6.94. The van der Waals surface area contributed by atoms with E-state index in [0.29, 0.717) is 12.3 Å². The van der Waals surface area contributed by atoms with E-state index in [1.54, 1.807) is 14.1 Å². The van der Waals surface area contributed by atoms with Crippen LogP contribution >= 0.6 is 33.7 Å². The number of halogens is 1. The van der Waals surface area contributed by atoms with E-state index in [-0.39, 0.29) is 5.90 Å². The van der Waals surface area contributed by atoms with Crippen LogP contribution in [0, 0.1) is 0 Å². The van der Waals surface area contributed by atoms with Gasteiger partial charge in [-0.3, -0.25) is 0 Å². The maximum Gasteiger partial charge on any atom is 0.415 e. The predicted molar refractivity (Wildman–Crippen MR) is 118 cm³/mol.